The number of H-pyrrole nitrogens is 1. The van der Waals surface area contributed by atoms with Crippen LogP contribution in [0.5, 0.6) is 0 Å². The fourth-order valence-corrected chi connectivity index (χ4v) is 2.62. The smallest absolute Gasteiger partial charge is 0.269 e. The van der Waals surface area contributed by atoms with E-state index in [-0.39, 0.29) is 11.8 Å². The van der Waals surface area contributed by atoms with Crippen LogP contribution in [0.4, 0.5) is 0 Å². The van der Waals surface area contributed by atoms with Crippen LogP contribution in [-0.4, -0.2) is 32.2 Å². The van der Waals surface area contributed by atoms with E-state index < -0.39 is 11.2 Å². The molecule has 1 heterocycles. The van der Waals surface area contributed by atoms with Gasteiger partial charge in [-0.2, -0.15) is 0 Å². The number of carbonyl (C=O) groups is 2. The third-order valence-corrected chi connectivity index (χ3v) is 4.26. The topological polar surface area (TPSA) is 99.8 Å². The number of nitrogens with zero attached hydrogens (tertiary/aromatic N) is 2. The third-order valence-electron chi connectivity index (χ3n) is 3.07. The highest BCUT2D eigenvalue weighted by Crippen LogP contribution is 2.20. The van der Waals surface area contributed by atoms with Crippen LogP contribution in [0, 0.1) is 0 Å². The standard InChI is InChI=1S/C15H18ClN5O2S/c1-8(2)12-17-15(21-18-12)24-9(3)13(22)19-20-14(23)10-5-4-6-11(16)7-10/h4-9H,1-3H3,(H,19,22)(H,20,23)(H,17,18,21)/t9-/m0/s1. The van der Waals surface area contributed by atoms with Gasteiger partial charge in [-0.3, -0.25) is 25.5 Å². The summed E-state index contributed by atoms with van der Waals surface area (Å²) in [7, 11) is 0. The van der Waals surface area contributed by atoms with Gasteiger partial charge in [0.05, 0.1) is 5.25 Å². The van der Waals surface area contributed by atoms with Gasteiger partial charge in [-0.15, -0.1) is 5.10 Å². The Bertz CT molecular complexity index is 734. The van der Waals surface area contributed by atoms with Crippen LogP contribution in [-0.2, 0) is 4.79 Å². The molecule has 128 valence electrons. The Kier molecular flexibility index (Phi) is 6.22. The van der Waals surface area contributed by atoms with Crippen molar-refractivity contribution in [1.82, 2.24) is 26.0 Å². The molecule has 0 aliphatic heterocycles. The van der Waals surface area contributed by atoms with Crippen LogP contribution in [0.3, 0.4) is 0 Å². The Morgan fingerprint density at radius 1 is 1.25 bits per heavy atom. The van der Waals surface area contributed by atoms with E-state index in [0.717, 1.165) is 5.82 Å². The summed E-state index contributed by atoms with van der Waals surface area (Å²) in [6, 6.07) is 6.44. The number of amides is 2. The number of thioether (sulfide) groups is 1. The van der Waals surface area contributed by atoms with Gasteiger partial charge in [0.15, 0.2) is 0 Å². The maximum absolute atomic E-state index is 12.1. The average molecular weight is 368 g/mol. The minimum absolute atomic E-state index is 0.230. The Morgan fingerprint density at radius 2 is 2.00 bits per heavy atom. The highest BCUT2D eigenvalue weighted by atomic mass is 35.5. The zero-order valence-corrected chi connectivity index (χ0v) is 15.0. The van der Waals surface area contributed by atoms with Crippen LogP contribution in [0.2, 0.25) is 5.02 Å². The lowest BCUT2D eigenvalue weighted by molar-refractivity contribution is -0.121. The minimum atomic E-state index is -0.472. The molecule has 3 N–H and O–H groups in total. The summed E-state index contributed by atoms with van der Waals surface area (Å²) in [4.78, 5) is 28.3. The van der Waals surface area contributed by atoms with E-state index in [1.54, 1.807) is 25.1 Å². The lowest BCUT2D eigenvalue weighted by Crippen LogP contribution is -2.44. The van der Waals surface area contributed by atoms with Gasteiger partial charge in [0, 0.05) is 16.5 Å². The summed E-state index contributed by atoms with van der Waals surface area (Å²) >= 11 is 7.03. The van der Waals surface area contributed by atoms with Crippen molar-refractivity contribution in [2.45, 2.75) is 37.1 Å². The summed E-state index contributed by atoms with van der Waals surface area (Å²) in [5.41, 5.74) is 5.10. The molecule has 0 aliphatic rings. The van der Waals surface area contributed by atoms with Crippen molar-refractivity contribution in [3.63, 3.8) is 0 Å². The average Bonchev–Trinajstić information content (AvgIpc) is 3.01. The molecule has 24 heavy (non-hydrogen) atoms. The second-order valence-corrected chi connectivity index (χ2v) is 7.12. The van der Waals surface area contributed by atoms with Crippen molar-refractivity contribution in [2.24, 2.45) is 0 Å². The summed E-state index contributed by atoms with van der Waals surface area (Å²) in [5, 5.41) is 7.35. The van der Waals surface area contributed by atoms with Crippen LogP contribution >= 0.6 is 23.4 Å². The van der Waals surface area contributed by atoms with Crippen molar-refractivity contribution in [3.8, 4) is 0 Å². The van der Waals surface area contributed by atoms with E-state index in [1.165, 1.54) is 17.8 Å². The number of hydrogen-bond acceptors (Lipinski definition) is 5. The molecule has 2 amide bonds. The molecule has 1 aromatic heterocycles. The molecule has 7 nitrogen and oxygen atoms in total. The Hall–Kier alpha value is -2.06. The van der Waals surface area contributed by atoms with Gasteiger partial charge >= 0.3 is 0 Å². The molecule has 2 aromatic rings. The van der Waals surface area contributed by atoms with Crippen LogP contribution in [0.15, 0.2) is 29.4 Å². The van der Waals surface area contributed by atoms with Crippen LogP contribution in [0.25, 0.3) is 0 Å². The van der Waals surface area contributed by atoms with Crippen molar-refractivity contribution in [1.29, 1.82) is 0 Å². The molecule has 1 atom stereocenters. The van der Waals surface area contributed by atoms with Crippen molar-refractivity contribution in [3.05, 3.63) is 40.7 Å². The molecule has 0 aliphatic carbocycles. The van der Waals surface area contributed by atoms with E-state index in [0.29, 0.717) is 15.7 Å². The SMILES string of the molecule is CC(C)c1nc(S[C@@H](C)C(=O)NNC(=O)c2cccc(Cl)c2)n[nH]1. The molecule has 0 fully saturated rings. The normalized spacial score (nSPS) is 12.0. The first-order chi connectivity index (χ1) is 11.4. The summed E-state index contributed by atoms with van der Waals surface area (Å²) in [6.45, 7) is 5.70. The van der Waals surface area contributed by atoms with Crippen LogP contribution < -0.4 is 10.9 Å². The van der Waals surface area contributed by atoms with Crippen molar-refractivity contribution < 1.29 is 9.59 Å². The Balaban J connectivity index is 1.86. The minimum Gasteiger partial charge on any atom is -0.272 e. The third kappa shape index (κ3) is 4.97. The number of carbonyl (C=O) groups excluding carboxylic acids is 2. The monoisotopic (exact) mass is 367 g/mol. The zero-order valence-electron chi connectivity index (χ0n) is 13.5. The number of halogens is 1. The Morgan fingerprint density at radius 3 is 2.62 bits per heavy atom. The van der Waals surface area contributed by atoms with Gasteiger partial charge in [0.25, 0.3) is 11.8 Å². The number of hydrazine groups is 1. The summed E-state index contributed by atoms with van der Waals surface area (Å²) in [6.07, 6.45) is 0. The molecule has 0 radical (unpaired) electrons. The van der Waals surface area contributed by atoms with E-state index >= 15 is 0 Å². The predicted octanol–water partition coefficient (Wildman–Crippen LogP) is 2.52. The molecule has 2 rings (SSSR count). The lowest BCUT2D eigenvalue weighted by Gasteiger charge is -2.11. The predicted molar refractivity (Wildman–Crippen MR) is 92.9 cm³/mol. The molecular formula is C15H18ClN5O2S. The quantitative estimate of drug-likeness (QED) is 0.557. The second kappa shape index (κ2) is 8.16. The van der Waals surface area contributed by atoms with E-state index in [2.05, 4.69) is 26.0 Å². The zero-order chi connectivity index (χ0) is 17.7. The van der Waals surface area contributed by atoms with Gasteiger partial charge in [-0.25, -0.2) is 4.98 Å². The molecule has 0 saturated carbocycles. The van der Waals surface area contributed by atoms with Crippen LogP contribution in [0.1, 0.15) is 42.9 Å². The van der Waals surface area contributed by atoms with E-state index in [9.17, 15) is 9.59 Å². The molecule has 0 bridgehead atoms. The van der Waals surface area contributed by atoms with Gasteiger partial charge in [-0.05, 0) is 25.1 Å². The van der Waals surface area contributed by atoms with E-state index in [1.807, 2.05) is 13.8 Å². The molecule has 0 unspecified atom stereocenters. The molecule has 1 aromatic carbocycles. The fraction of sp³-hybridized carbons (Fsp3) is 0.333. The second-order valence-electron chi connectivity index (χ2n) is 5.37. The number of hydrogen-bond donors (Lipinski definition) is 3. The number of benzene rings is 1. The largest absolute Gasteiger partial charge is 0.272 e. The summed E-state index contributed by atoms with van der Waals surface area (Å²) in [5.74, 6) is 0.196. The number of aromatic amines is 1. The maximum Gasteiger partial charge on any atom is 0.269 e. The highest BCUT2D eigenvalue weighted by Gasteiger charge is 2.18. The number of rotatable bonds is 5. The number of aromatic nitrogens is 3. The maximum atomic E-state index is 12.1. The first kappa shape index (κ1) is 18.3. The van der Waals surface area contributed by atoms with Gasteiger partial charge < -0.3 is 0 Å². The fourth-order valence-electron chi connectivity index (χ4n) is 1.70. The summed E-state index contributed by atoms with van der Waals surface area (Å²) < 4.78 is 0. The molecule has 0 saturated heterocycles. The molecule has 9 heteroatoms. The highest BCUT2D eigenvalue weighted by molar-refractivity contribution is 8.00. The first-order valence-electron chi connectivity index (χ1n) is 7.31. The first-order valence-corrected chi connectivity index (χ1v) is 8.57. The Labute approximate surface area is 148 Å². The van der Waals surface area contributed by atoms with Crippen molar-refractivity contribution in [2.75, 3.05) is 0 Å². The van der Waals surface area contributed by atoms with Gasteiger partial charge in [0.2, 0.25) is 5.16 Å². The molecular weight excluding hydrogens is 350 g/mol. The van der Waals surface area contributed by atoms with Gasteiger partial charge in [0.1, 0.15) is 5.82 Å². The molecule has 0 spiro atoms. The van der Waals surface area contributed by atoms with Gasteiger partial charge in [-0.1, -0.05) is 43.3 Å². The number of nitrogens with one attached hydrogen (secondary N) is 3. The van der Waals surface area contributed by atoms with Crippen molar-refractivity contribution >= 4 is 35.2 Å². The lowest BCUT2D eigenvalue weighted by atomic mass is 10.2. The van der Waals surface area contributed by atoms with E-state index in [4.69, 9.17) is 11.6 Å².